The number of H-pyrrole nitrogens is 1. The van der Waals surface area contributed by atoms with Crippen molar-refractivity contribution in [3.63, 3.8) is 0 Å². The van der Waals surface area contributed by atoms with Crippen LogP contribution in [0, 0.1) is 18.6 Å². The van der Waals surface area contributed by atoms with Crippen molar-refractivity contribution in [1.29, 1.82) is 0 Å². The lowest BCUT2D eigenvalue weighted by atomic mass is 9.75. The fourth-order valence-electron chi connectivity index (χ4n) is 4.10. The number of aryl methyl sites for hydroxylation is 1. The Morgan fingerprint density at radius 3 is 2.57 bits per heavy atom. The number of hydrogen-bond donors (Lipinski definition) is 2. The van der Waals surface area contributed by atoms with Crippen LogP contribution in [0.25, 0.3) is 22.2 Å². The first kappa shape index (κ1) is 20.4. The Labute approximate surface area is 174 Å². The number of hydrogen-bond acceptors (Lipinski definition) is 2. The molecule has 0 radical (unpaired) electrons. The third kappa shape index (κ3) is 3.91. The van der Waals surface area contributed by atoms with Crippen LogP contribution < -0.4 is 5.32 Å². The standard InChI is InChI=1S/C24H26F2N2O2/c1-4-14(3)27-24(29)30-19-10-16(11-19)21-20-12-18(26)9-13(2)22(20)28-23(21)15-5-7-17(25)8-6-15/h5-9,12,14,16,19,28H,4,10-11H2,1-3H3,(H,27,29)/t14?,16-,19-. The molecule has 1 atom stereocenters. The van der Waals surface area contributed by atoms with Gasteiger partial charge in [-0.25, -0.2) is 13.6 Å². The number of aromatic amines is 1. The van der Waals surface area contributed by atoms with E-state index in [1.165, 1.54) is 18.2 Å². The second kappa shape index (κ2) is 8.09. The van der Waals surface area contributed by atoms with Crippen LogP contribution in [0.5, 0.6) is 0 Å². The van der Waals surface area contributed by atoms with Gasteiger partial charge >= 0.3 is 6.09 Å². The van der Waals surface area contributed by atoms with Gasteiger partial charge in [0.2, 0.25) is 0 Å². The van der Waals surface area contributed by atoms with Gasteiger partial charge in [-0.1, -0.05) is 6.92 Å². The molecule has 1 aromatic heterocycles. The lowest BCUT2D eigenvalue weighted by Gasteiger charge is -2.35. The molecule has 1 unspecified atom stereocenters. The maximum absolute atomic E-state index is 14.2. The fourth-order valence-corrected chi connectivity index (χ4v) is 4.10. The Morgan fingerprint density at radius 1 is 1.20 bits per heavy atom. The molecule has 0 spiro atoms. The van der Waals surface area contributed by atoms with Gasteiger partial charge in [0.15, 0.2) is 0 Å². The highest BCUT2D eigenvalue weighted by Crippen LogP contribution is 2.46. The minimum atomic E-state index is -0.396. The minimum Gasteiger partial charge on any atom is -0.446 e. The highest BCUT2D eigenvalue weighted by atomic mass is 19.1. The zero-order valence-corrected chi connectivity index (χ0v) is 17.4. The van der Waals surface area contributed by atoms with Crippen LogP contribution in [0.2, 0.25) is 0 Å². The first-order valence-corrected chi connectivity index (χ1v) is 10.4. The van der Waals surface area contributed by atoms with Crippen molar-refractivity contribution in [2.75, 3.05) is 0 Å². The van der Waals surface area contributed by atoms with Crippen molar-refractivity contribution >= 4 is 17.0 Å². The summed E-state index contributed by atoms with van der Waals surface area (Å²) in [4.78, 5) is 15.4. The molecule has 1 saturated carbocycles. The maximum Gasteiger partial charge on any atom is 0.407 e. The molecule has 30 heavy (non-hydrogen) atoms. The number of aromatic nitrogens is 1. The van der Waals surface area contributed by atoms with E-state index in [2.05, 4.69) is 10.3 Å². The first-order chi connectivity index (χ1) is 14.4. The van der Waals surface area contributed by atoms with E-state index < -0.39 is 6.09 Å². The molecule has 1 amide bonds. The Balaban J connectivity index is 1.63. The summed E-state index contributed by atoms with van der Waals surface area (Å²) in [6, 6.07) is 9.41. The zero-order chi connectivity index (χ0) is 21.4. The first-order valence-electron chi connectivity index (χ1n) is 10.4. The van der Waals surface area contributed by atoms with E-state index in [0.717, 1.165) is 39.7 Å². The Kier molecular flexibility index (Phi) is 5.50. The van der Waals surface area contributed by atoms with Gasteiger partial charge in [0.1, 0.15) is 17.7 Å². The highest BCUT2D eigenvalue weighted by molar-refractivity contribution is 5.93. The van der Waals surface area contributed by atoms with Gasteiger partial charge in [0.05, 0.1) is 0 Å². The van der Waals surface area contributed by atoms with Crippen LogP contribution in [0.1, 0.15) is 50.2 Å². The van der Waals surface area contributed by atoms with Gasteiger partial charge < -0.3 is 15.0 Å². The van der Waals surface area contributed by atoms with E-state index in [0.29, 0.717) is 12.8 Å². The highest BCUT2D eigenvalue weighted by Gasteiger charge is 2.37. The van der Waals surface area contributed by atoms with Crippen LogP contribution in [-0.2, 0) is 4.74 Å². The summed E-state index contributed by atoms with van der Waals surface area (Å²) in [5, 5.41) is 3.65. The molecule has 0 aliphatic heterocycles. The van der Waals surface area contributed by atoms with Crippen molar-refractivity contribution < 1.29 is 18.3 Å². The number of rotatable bonds is 5. The summed E-state index contributed by atoms with van der Waals surface area (Å²) < 4.78 is 33.1. The Hall–Kier alpha value is -2.89. The molecule has 2 aromatic carbocycles. The van der Waals surface area contributed by atoms with E-state index in [4.69, 9.17) is 4.74 Å². The number of halogens is 2. The molecule has 0 bridgehead atoms. The summed E-state index contributed by atoms with van der Waals surface area (Å²) >= 11 is 0. The maximum atomic E-state index is 14.2. The van der Waals surface area contributed by atoms with Gasteiger partial charge in [0, 0.05) is 22.6 Å². The predicted molar refractivity (Wildman–Crippen MR) is 114 cm³/mol. The van der Waals surface area contributed by atoms with E-state index in [9.17, 15) is 13.6 Å². The van der Waals surface area contributed by atoms with Crippen LogP contribution in [-0.4, -0.2) is 23.2 Å². The van der Waals surface area contributed by atoms with Gasteiger partial charge in [0.25, 0.3) is 0 Å². The Bertz CT molecular complexity index is 1070. The van der Waals surface area contributed by atoms with Gasteiger partial charge in [-0.3, -0.25) is 0 Å². The molecule has 4 nitrogen and oxygen atoms in total. The molecular formula is C24H26F2N2O2. The van der Waals surface area contributed by atoms with E-state index >= 15 is 0 Å². The SMILES string of the molecule is CCC(C)NC(=O)O[C@H]1C[C@H](c2c(-c3ccc(F)cc3)[nH]c3c(C)cc(F)cc32)C1. The number of alkyl carbamates (subject to hydrolysis) is 1. The third-order valence-corrected chi connectivity index (χ3v) is 6.00. The number of ether oxygens (including phenoxy) is 1. The molecule has 1 aliphatic carbocycles. The fraction of sp³-hybridized carbons (Fsp3) is 0.375. The average molecular weight is 412 g/mol. The Morgan fingerprint density at radius 2 is 1.90 bits per heavy atom. The summed E-state index contributed by atoms with van der Waals surface area (Å²) in [6.45, 7) is 5.80. The number of fused-ring (bicyclic) bond motifs is 1. The molecule has 1 aliphatic rings. The van der Waals surface area contributed by atoms with Crippen molar-refractivity contribution in [1.82, 2.24) is 10.3 Å². The molecule has 3 aromatic rings. The quantitative estimate of drug-likeness (QED) is 0.525. The zero-order valence-electron chi connectivity index (χ0n) is 17.4. The number of carbonyl (C=O) groups is 1. The molecule has 1 fully saturated rings. The number of carbonyl (C=O) groups excluding carboxylic acids is 1. The van der Waals surface area contributed by atoms with E-state index in [-0.39, 0.29) is 29.7 Å². The van der Waals surface area contributed by atoms with E-state index in [1.807, 2.05) is 20.8 Å². The van der Waals surface area contributed by atoms with Crippen molar-refractivity contribution in [3.05, 3.63) is 59.2 Å². The normalized spacial score (nSPS) is 19.4. The molecule has 2 N–H and O–H groups in total. The second-order valence-electron chi connectivity index (χ2n) is 8.22. The summed E-state index contributed by atoms with van der Waals surface area (Å²) in [6.07, 6.45) is 1.62. The van der Waals surface area contributed by atoms with Crippen LogP contribution >= 0.6 is 0 Å². The van der Waals surface area contributed by atoms with Crippen molar-refractivity contribution in [2.24, 2.45) is 0 Å². The van der Waals surface area contributed by atoms with Crippen LogP contribution in [0.3, 0.4) is 0 Å². The molecule has 4 rings (SSSR count). The van der Waals surface area contributed by atoms with Gasteiger partial charge in [-0.2, -0.15) is 0 Å². The van der Waals surface area contributed by atoms with Crippen molar-refractivity contribution in [3.8, 4) is 11.3 Å². The number of nitrogens with one attached hydrogen (secondary N) is 2. The topological polar surface area (TPSA) is 54.1 Å². The lowest BCUT2D eigenvalue weighted by molar-refractivity contribution is 0.0383. The van der Waals surface area contributed by atoms with Gasteiger partial charge in [-0.05, 0) is 92.1 Å². The molecule has 158 valence electrons. The smallest absolute Gasteiger partial charge is 0.407 e. The minimum absolute atomic E-state index is 0.0676. The summed E-state index contributed by atoms with van der Waals surface area (Å²) in [5.74, 6) is -0.463. The van der Waals surface area contributed by atoms with Crippen molar-refractivity contribution in [2.45, 2.75) is 58.1 Å². The lowest BCUT2D eigenvalue weighted by Crippen LogP contribution is -2.39. The van der Waals surface area contributed by atoms with E-state index in [1.54, 1.807) is 18.2 Å². The third-order valence-electron chi connectivity index (χ3n) is 6.00. The summed E-state index contributed by atoms with van der Waals surface area (Å²) in [7, 11) is 0. The molecule has 6 heteroatoms. The average Bonchev–Trinajstić information content (AvgIpc) is 3.04. The number of amides is 1. The monoisotopic (exact) mass is 412 g/mol. The molecular weight excluding hydrogens is 386 g/mol. The summed E-state index contributed by atoms with van der Waals surface area (Å²) in [5.41, 5.74) is 4.41. The molecule has 0 saturated heterocycles. The predicted octanol–water partition coefficient (Wildman–Crippen LogP) is 6.19. The van der Waals surface area contributed by atoms with Gasteiger partial charge in [-0.15, -0.1) is 0 Å². The number of benzene rings is 2. The van der Waals surface area contributed by atoms with Crippen LogP contribution in [0.4, 0.5) is 13.6 Å². The largest absolute Gasteiger partial charge is 0.446 e. The molecule has 1 heterocycles. The van der Waals surface area contributed by atoms with Crippen LogP contribution in [0.15, 0.2) is 36.4 Å². The second-order valence-corrected chi connectivity index (χ2v) is 8.22.